The molecular formula is C17H18N2O3S. The number of carbonyl (C=O) groups is 1. The molecule has 6 heteroatoms. The van der Waals surface area contributed by atoms with Gasteiger partial charge in [0.1, 0.15) is 11.4 Å². The van der Waals surface area contributed by atoms with E-state index in [9.17, 15) is 4.79 Å². The van der Waals surface area contributed by atoms with Gasteiger partial charge in [0.2, 0.25) is 0 Å². The molecule has 2 aliphatic rings. The highest BCUT2D eigenvalue weighted by molar-refractivity contribution is 7.10. The van der Waals surface area contributed by atoms with Gasteiger partial charge in [0.05, 0.1) is 6.61 Å². The lowest BCUT2D eigenvalue weighted by Gasteiger charge is -2.44. The number of fused-ring (bicyclic) bond motifs is 2. The molecule has 4 heterocycles. The number of anilines is 1. The number of thiophene rings is 1. The zero-order valence-electron chi connectivity index (χ0n) is 12.7. The Balaban J connectivity index is 1.54. The number of nitrogens with zero attached hydrogens (tertiary/aromatic N) is 2. The summed E-state index contributed by atoms with van der Waals surface area (Å²) in [6, 6.07) is 7.38. The topological polar surface area (TPSA) is 62.7 Å². The molecule has 0 bridgehead atoms. The zero-order valence-corrected chi connectivity index (χ0v) is 13.5. The van der Waals surface area contributed by atoms with E-state index < -0.39 is 5.97 Å². The highest BCUT2D eigenvalue weighted by Gasteiger charge is 2.42. The van der Waals surface area contributed by atoms with E-state index in [-0.39, 0.29) is 11.3 Å². The number of ether oxygens (including phenoxy) is 1. The van der Waals surface area contributed by atoms with Crippen molar-refractivity contribution >= 4 is 23.1 Å². The molecule has 0 atom stereocenters. The number of aromatic nitrogens is 1. The highest BCUT2D eigenvalue weighted by Crippen LogP contribution is 2.44. The van der Waals surface area contributed by atoms with Crippen molar-refractivity contribution in [3.63, 3.8) is 0 Å². The van der Waals surface area contributed by atoms with Crippen molar-refractivity contribution in [3.8, 4) is 0 Å². The molecule has 2 aliphatic heterocycles. The van der Waals surface area contributed by atoms with Crippen LogP contribution in [-0.2, 0) is 16.8 Å². The molecule has 23 heavy (non-hydrogen) atoms. The maximum Gasteiger partial charge on any atom is 0.354 e. The summed E-state index contributed by atoms with van der Waals surface area (Å²) in [5, 5.41) is 11.3. The Morgan fingerprint density at radius 1 is 1.30 bits per heavy atom. The molecule has 0 amide bonds. The maximum absolute atomic E-state index is 11.1. The van der Waals surface area contributed by atoms with E-state index in [1.807, 2.05) is 6.07 Å². The number of piperidine rings is 1. The van der Waals surface area contributed by atoms with Crippen LogP contribution >= 0.6 is 11.3 Å². The van der Waals surface area contributed by atoms with Gasteiger partial charge in [-0.3, -0.25) is 0 Å². The molecule has 5 nitrogen and oxygen atoms in total. The number of hydrogen-bond acceptors (Lipinski definition) is 5. The normalized spacial score (nSPS) is 19.6. The van der Waals surface area contributed by atoms with Gasteiger partial charge in [-0.25, -0.2) is 9.78 Å². The van der Waals surface area contributed by atoms with Crippen molar-refractivity contribution in [2.45, 2.75) is 24.9 Å². The molecule has 1 saturated heterocycles. The number of hydrogen-bond donors (Lipinski definition) is 1. The van der Waals surface area contributed by atoms with Crippen molar-refractivity contribution < 1.29 is 14.6 Å². The third-order valence-corrected chi connectivity index (χ3v) is 5.90. The Hall–Kier alpha value is -1.92. The van der Waals surface area contributed by atoms with Crippen LogP contribution in [0.25, 0.3) is 0 Å². The summed E-state index contributed by atoms with van der Waals surface area (Å²) in [5.41, 5.74) is 1.38. The quantitative estimate of drug-likeness (QED) is 0.917. The predicted octanol–water partition coefficient (Wildman–Crippen LogP) is 2.91. The van der Waals surface area contributed by atoms with Gasteiger partial charge in [-0.05, 0) is 48.4 Å². The molecule has 2 aromatic heterocycles. The van der Waals surface area contributed by atoms with E-state index in [4.69, 9.17) is 9.84 Å². The van der Waals surface area contributed by atoms with Crippen molar-refractivity contribution in [1.82, 2.24) is 4.98 Å². The Labute approximate surface area is 138 Å². The fraction of sp³-hybridized carbons (Fsp3) is 0.412. The van der Waals surface area contributed by atoms with Crippen molar-refractivity contribution in [3.05, 3.63) is 45.8 Å². The zero-order chi connectivity index (χ0) is 15.9. The summed E-state index contributed by atoms with van der Waals surface area (Å²) >= 11 is 1.80. The summed E-state index contributed by atoms with van der Waals surface area (Å²) < 4.78 is 6.21. The van der Waals surface area contributed by atoms with Gasteiger partial charge in [-0.2, -0.15) is 0 Å². The summed E-state index contributed by atoms with van der Waals surface area (Å²) in [4.78, 5) is 18.9. The molecule has 120 valence electrons. The van der Waals surface area contributed by atoms with Crippen LogP contribution in [0.2, 0.25) is 0 Å². The number of aromatic carboxylic acids is 1. The molecule has 0 aliphatic carbocycles. The van der Waals surface area contributed by atoms with Gasteiger partial charge in [0.25, 0.3) is 0 Å². The third-order valence-electron chi connectivity index (χ3n) is 4.76. The monoisotopic (exact) mass is 330 g/mol. The van der Waals surface area contributed by atoms with E-state index in [1.54, 1.807) is 17.4 Å². The Bertz CT molecular complexity index is 735. The van der Waals surface area contributed by atoms with Gasteiger partial charge in [-0.15, -0.1) is 11.3 Å². The molecule has 2 aromatic rings. The molecule has 0 saturated carbocycles. The smallest absolute Gasteiger partial charge is 0.354 e. The van der Waals surface area contributed by atoms with E-state index in [1.165, 1.54) is 16.5 Å². The van der Waals surface area contributed by atoms with Gasteiger partial charge in [0.15, 0.2) is 5.69 Å². The van der Waals surface area contributed by atoms with E-state index in [0.29, 0.717) is 0 Å². The molecule has 4 rings (SSSR count). The van der Waals surface area contributed by atoms with Crippen LogP contribution < -0.4 is 4.90 Å². The van der Waals surface area contributed by atoms with Crippen LogP contribution in [0.1, 0.15) is 33.8 Å². The minimum atomic E-state index is -0.987. The van der Waals surface area contributed by atoms with Crippen LogP contribution in [0.3, 0.4) is 0 Å². The summed E-state index contributed by atoms with van der Waals surface area (Å²) in [6.07, 6.45) is 2.84. The fourth-order valence-electron chi connectivity index (χ4n) is 3.54. The molecule has 0 radical (unpaired) electrons. The van der Waals surface area contributed by atoms with E-state index in [2.05, 4.69) is 21.3 Å². The molecule has 1 spiro atoms. The van der Waals surface area contributed by atoms with E-state index >= 15 is 0 Å². The summed E-state index contributed by atoms with van der Waals surface area (Å²) in [6.45, 7) is 2.44. The first-order valence-corrected chi connectivity index (χ1v) is 8.72. The Morgan fingerprint density at radius 3 is 2.91 bits per heavy atom. The van der Waals surface area contributed by atoms with Gasteiger partial charge >= 0.3 is 5.97 Å². The van der Waals surface area contributed by atoms with Crippen molar-refractivity contribution in [2.24, 2.45) is 0 Å². The van der Waals surface area contributed by atoms with Crippen LogP contribution in [0.5, 0.6) is 0 Å². The van der Waals surface area contributed by atoms with Crippen molar-refractivity contribution in [1.29, 1.82) is 0 Å². The average molecular weight is 330 g/mol. The van der Waals surface area contributed by atoms with Gasteiger partial charge < -0.3 is 14.7 Å². The standard InChI is InChI=1S/C17H18N2O3S/c20-16(21)13-2-1-3-14(18-13)19-8-6-17(7-9-19)15-12(4-10-22-17)5-11-23-15/h1-3,5,11H,4,6-10H2,(H,20,21). The average Bonchev–Trinajstić information content (AvgIpc) is 3.06. The molecule has 0 aromatic carbocycles. The second-order valence-electron chi connectivity index (χ2n) is 6.04. The number of rotatable bonds is 2. The van der Waals surface area contributed by atoms with Crippen LogP contribution in [-0.4, -0.2) is 35.8 Å². The minimum Gasteiger partial charge on any atom is -0.477 e. The minimum absolute atomic E-state index is 0.0947. The van der Waals surface area contributed by atoms with Crippen LogP contribution in [0, 0.1) is 0 Å². The lowest BCUT2D eigenvalue weighted by Crippen LogP contribution is -2.46. The number of carboxylic acids is 1. The van der Waals surface area contributed by atoms with Crippen LogP contribution in [0.4, 0.5) is 5.82 Å². The second-order valence-corrected chi connectivity index (χ2v) is 6.96. The first-order valence-electron chi connectivity index (χ1n) is 7.84. The number of pyridine rings is 1. The lowest BCUT2D eigenvalue weighted by molar-refractivity contribution is -0.0735. The first kappa shape index (κ1) is 14.7. The van der Waals surface area contributed by atoms with Crippen LogP contribution in [0.15, 0.2) is 29.6 Å². The Kier molecular flexibility index (Phi) is 3.58. The summed E-state index contributed by atoms with van der Waals surface area (Å²) in [5.74, 6) is -0.249. The summed E-state index contributed by atoms with van der Waals surface area (Å²) in [7, 11) is 0. The molecule has 1 fully saturated rings. The van der Waals surface area contributed by atoms with Gasteiger partial charge in [0, 0.05) is 18.0 Å². The van der Waals surface area contributed by atoms with Gasteiger partial charge in [-0.1, -0.05) is 6.07 Å². The predicted molar refractivity (Wildman–Crippen MR) is 88.3 cm³/mol. The largest absolute Gasteiger partial charge is 0.477 e. The van der Waals surface area contributed by atoms with E-state index in [0.717, 1.165) is 44.8 Å². The molecule has 0 unspecified atom stereocenters. The first-order chi connectivity index (χ1) is 11.2. The molecule has 1 N–H and O–H groups in total. The Morgan fingerprint density at radius 2 is 2.13 bits per heavy atom. The lowest BCUT2D eigenvalue weighted by atomic mass is 9.85. The SMILES string of the molecule is O=C(O)c1cccc(N2CCC3(CC2)OCCc2ccsc23)n1. The number of carboxylic acid groups (broad SMARTS) is 1. The molecular weight excluding hydrogens is 312 g/mol. The highest BCUT2D eigenvalue weighted by atomic mass is 32.1. The third kappa shape index (κ3) is 2.52. The second kappa shape index (κ2) is 5.62. The van der Waals surface area contributed by atoms with Crippen molar-refractivity contribution in [2.75, 3.05) is 24.6 Å². The maximum atomic E-state index is 11.1. The fourth-order valence-corrected chi connectivity index (χ4v) is 4.71.